The van der Waals surface area contributed by atoms with Crippen LogP contribution < -0.4 is 5.32 Å². The molecule has 0 bridgehead atoms. The second-order valence-corrected chi connectivity index (χ2v) is 5.98. The summed E-state index contributed by atoms with van der Waals surface area (Å²) in [4.78, 5) is 0. The summed E-state index contributed by atoms with van der Waals surface area (Å²) in [5.74, 6) is 1.61. The van der Waals surface area contributed by atoms with Crippen LogP contribution in [0.25, 0.3) is 0 Å². The SMILES string of the molecule is CC1CCCC1CNCC(O)COCc1ccccc1. The molecule has 112 valence electrons. The van der Waals surface area contributed by atoms with Gasteiger partial charge in [-0.3, -0.25) is 0 Å². The molecule has 0 saturated heterocycles. The number of ether oxygens (including phenoxy) is 1. The first-order chi connectivity index (χ1) is 9.75. The predicted octanol–water partition coefficient (Wildman–Crippen LogP) is 2.59. The fourth-order valence-electron chi connectivity index (χ4n) is 2.91. The molecule has 0 radical (unpaired) electrons. The molecule has 2 rings (SSSR count). The lowest BCUT2D eigenvalue weighted by Crippen LogP contribution is -2.34. The summed E-state index contributed by atoms with van der Waals surface area (Å²) in [6.45, 7) is 4.94. The fraction of sp³-hybridized carbons (Fsp3) is 0.647. The molecule has 20 heavy (non-hydrogen) atoms. The highest BCUT2D eigenvalue weighted by atomic mass is 16.5. The van der Waals surface area contributed by atoms with Crippen molar-refractivity contribution in [3.8, 4) is 0 Å². The number of aliphatic hydroxyl groups excluding tert-OH is 1. The molecule has 3 heteroatoms. The molecule has 0 spiro atoms. The normalized spacial score (nSPS) is 23.9. The Morgan fingerprint density at radius 2 is 2.10 bits per heavy atom. The van der Waals surface area contributed by atoms with Crippen molar-refractivity contribution in [3.63, 3.8) is 0 Å². The van der Waals surface area contributed by atoms with Gasteiger partial charge in [-0.1, -0.05) is 50.1 Å². The standard InChI is InChI=1S/C17H27NO2/c1-14-6-5-9-16(14)10-18-11-17(19)13-20-12-15-7-3-2-4-8-15/h2-4,7-8,14,16-19H,5-6,9-13H2,1H3. The van der Waals surface area contributed by atoms with Crippen LogP contribution in [0.1, 0.15) is 31.7 Å². The summed E-state index contributed by atoms with van der Waals surface area (Å²) >= 11 is 0. The first-order valence-electron chi connectivity index (χ1n) is 7.76. The number of hydrogen-bond donors (Lipinski definition) is 2. The van der Waals surface area contributed by atoms with Crippen LogP contribution >= 0.6 is 0 Å². The van der Waals surface area contributed by atoms with Gasteiger partial charge in [0.1, 0.15) is 0 Å². The average Bonchev–Trinajstić information content (AvgIpc) is 2.86. The molecule has 3 atom stereocenters. The van der Waals surface area contributed by atoms with E-state index in [0.717, 1.165) is 23.9 Å². The van der Waals surface area contributed by atoms with Crippen LogP contribution in [0.3, 0.4) is 0 Å². The van der Waals surface area contributed by atoms with Crippen molar-refractivity contribution in [1.29, 1.82) is 0 Å². The van der Waals surface area contributed by atoms with Crippen molar-refractivity contribution in [2.24, 2.45) is 11.8 Å². The van der Waals surface area contributed by atoms with Gasteiger partial charge in [0.05, 0.1) is 19.3 Å². The minimum atomic E-state index is -0.421. The van der Waals surface area contributed by atoms with Gasteiger partial charge in [-0.2, -0.15) is 0 Å². The maximum Gasteiger partial charge on any atom is 0.0897 e. The van der Waals surface area contributed by atoms with Gasteiger partial charge < -0.3 is 15.2 Å². The first kappa shape index (κ1) is 15.5. The highest BCUT2D eigenvalue weighted by Gasteiger charge is 2.22. The summed E-state index contributed by atoms with van der Waals surface area (Å²) in [6.07, 6.45) is 3.62. The molecule has 1 aromatic rings. The van der Waals surface area contributed by atoms with Crippen LogP contribution in [0, 0.1) is 11.8 Å². The van der Waals surface area contributed by atoms with Crippen molar-refractivity contribution in [2.75, 3.05) is 19.7 Å². The van der Waals surface area contributed by atoms with Gasteiger partial charge in [0.25, 0.3) is 0 Å². The van der Waals surface area contributed by atoms with Gasteiger partial charge in [0, 0.05) is 6.54 Å². The van der Waals surface area contributed by atoms with E-state index < -0.39 is 6.10 Å². The van der Waals surface area contributed by atoms with Crippen LogP contribution in [0.15, 0.2) is 30.3 Å². The number of nitrogens with one attached hydrogen (secondary N) is 1. The van der Waals surface area contributed by atoms with E-state index >= 15 is 0 Å². The lowest BCUT2D eigenvalue weighted by atomic mass is 9.98. The van der Waals surface area contributed by atoms with E-state index in [4.69, 9.17) is 4.74 Å². The molecule has 1 aliphatic carbocycles. The molecular weight excluding hydrogens is 250 g/mol. The largest absolute Gasteiger partial charge is 0.389 e. The van der Waals surface area contributed by atoms with Gasteiger partial charge in [-0.25, -0.2) is 0 Å². The Balaban J connectivity index is 1.53. The quantitative estimate of drug-likeness (QED) is 0.767. The van der Waals surface area contributed by atoms with Crippen LogP contribution in [0.4, 0.5) is 0 Å². The Morgan fingerprint density at radius 3 is 2.80 bits per heavy atom. The zero-order valence-corrected chi connectivity index (χ0v) is 12.4. The Hall–Kier alpha value is -0.900. The van der Waals surface area contributed by atoms with Crippen LogP contribution in [0.5, 0.6) is 0 Å². The molecule has 0 aromatic heterocycles. The Morgan fingerprint density at radius 1 is 1.30 bits per heavy atom. The second-order valence-electron chi connectivity index (χ2n) is 5.98. The summed E-state index contributed by atoms with van der Waals surface area (Å²) < 4.78 is 5.54. The third-order valence-electron chi connectivity index (χ3n) is 4.25. The molecule has 1 aliphatic rings. The molecule has 3 nitrogen and oxygen atoms in total. The Kier molecular flexibility index (Phi) is 6.51. The van der Waals surface area contributed by atoms with Crippen molar-refractivity contribution in [2.45, 2.75) is 38.9 Å². The average molecular weight is 277 g/mol. The van der Waals surface area contributed by atoms with Crippen LogP contribution in [-0.4, -0.2) is 30.9 Å². The molecule has 0 heterocycles. The van der Waals surface area contributed by atoms with Crippen molar-refractivity contribution >= 4 is 0 Å². The van der Waals surface area contributed by atoms with Crippen molar-refractivity contribution in [3.05, 3.63) is 35.9 Å². The monoisotopic (exact) mass is 277 g/mol. The molecule has 3 unspecified atom stereocenters. The Labute approximate surface area is 122 Å². The van der Waals surface area contributed by atoms with Gasteiger partial charge >= 0.3 is 0 Å². The lowest BCUT2D eigenvalue weighted by Gasteiger charge is -2.18. The molecule has 2 N–H and O–H groups in total. The third kappa shape index (κ3) is 5.23. The van der Waals surface area contributed by atoms with E-state index in [0.29, 0.717) is 19.8 Å². The zero-order chi connectivity index (χ0) is 14.2. The van der Waals surface area contributed by atoms with E-state index in [-0.39, 0.29) is 0 Å². The third-order valence-corrected chi connectivity index (χ3v) is 4.25. The first-order valence-corrected chi connectivity index (χ1v) is 7.76. The summed E-state index contributed by atoms with van der Waals surface area (Å²) in [5.41, 5.74) is 1.15. The second kappa shape index (κ2) is 8.40. The minimum Gasteiger partial charge on any atom is -0.389 e. The maximum atomic E-state index is 9.88. The lowest BCUT2D eigenvalue weighted by molar-refractivity contribution is 0.0284. The van der Waals surface area contributed by atoms with Crippen molar-refractivity contribution < 1.29 is 9.84 Å². The topological polar surface area (TPSA) is 41.5 Å². The smallest absolute Gasteiger partial charge is 0.0897 e. The van der Waals surface area contributed by atoms with Gasteiger partial charge in [-0.15, -0.1) is 0 Å². The minimum absolute atomic E-state index is 0.391. The van der Waals surface area contributed by atoms with Gasteiger partial charge in [-0.05, 0) is 30.4 Å². The summed E-state index contributed by atoms with van der Waals surface area (Å²) in [5, 5.41) is 13.3. The Bertz CT molecular complexity index is 369. The zero-order valence-electron chi connectivity index (χ0n) is 12.4. The van der Waals surface area contributed by atoms with Gasteiger partial charge in [0.2, 0.25) is 0 Å². The van der Waals surface area contributed by atoms with E-state index in [1.807, 2.05) is 30.3 Å². The number of aliphatic hydroxyl groups is 1. The number of hydrogen-bond acceptors (Lipinski definition) is 3. The molecule has 1 aromatic carbocycles. The van der Waals surface area contributed by atoms with Crippen LogP contribution in [0.2, 0.25) is 0 Å². The fourth-order valence-corrected chi connectivity index (χ4v) is 2.91. The molecule has 0 amide bonds. The molecular formula is C17H27NO2. The van der Waals surface area contributed by atoms with Gasteiger partial charge in [0.15, 0.2) is 0 Å². The predicted molar refractivity (Wildman–Crippen MR) is 81.5 cm³/mol. The highest BCUT2D eigenvalue weighted by molar-refractivity contribution is 5.13. The van der Waals surface area contributed by atoms with E-state index in [9.17, 15) is 5.11 Å². The number of benzene rings is 1. The molecule has 1 saturated carbocycles. The van der Waals surface area contributed by atoms with Crippen molar-refractivity contribution in [1.82, 2.24) is 5.32 Å². The summed E-state index contributed by atoms with van der Waals surface area (Å²) in [6, 6.07) is 10.1. The van der Waals surface area contributed by atoms with E-state index in [1.54, 1.807) is 0 Å². The van der Waals surface area contributed by atoms with E-state index in [1.165, 1.54) is 19.3 Å². The molecule has 1 fully saturated rings. The molecule has 0 aliphatic heterocycles. The number of rotatable bonds is 8. The van der Waals surface area contributed by atoms with Crippen LogP contribution in [-0.2, 0) is 11.3 Å². The summed E-state index contributed by atoms with van der Waals surface area (Å²) in [7, 11) is 0. The maximum absolute atomic E-state index is 9.88. The van der Waals surface area contributed by atoms with E-state index in [2.05, 4.69) is 12.2 Å². The highest BCUT2D eigenvalue weighted by Crippen LogP contribution is 2.30.